The van der Waals surface area contributed by atoms with Gasteiger partial charge >= 0.3 is 0 Å². The van der Waals surface area contributed by atoms with Crippen molar-refractivity contribution in [3.8, 4) is 0 Å². The summed E-state index contributed by atoms with van der Waals surface area (Å²) in [5.74, 6) is 0.704. The van der Waals surface area contributed by atoms with Gasteiger partial charge in [0.05, 0.1) is 5.69 Å². The molecule has 1 aromatic carbocycles. The summed E-state index contributed by atoms with van der Waals surface area (Å²) >= 11 is 0. The minimum Gasteiger partial charge on any atom is -0.378 e. The highest BCUT2D eigenvalue weighted by molar-refractivity contribution is 6.04. The predicted molar refractivity (Wildman–Crippen MR) is 71.0 cm³/mol. The Morgan fingerprint density at radius 2 is 1.61 bits per heavy atom. The first kappa shape index (κ1) is 11.7. The number of fused-ring (bicyclic) bond motifs is 3. The molecule has 0 bridgehead atoms. The molecule has 1 amide bonds. The zero-order chi connectivity index (χ0) is 13.2. The number of nitrogens with one attached hydrogen (secondary N) is 1. The fourth-order valence-corrected chi connectivity index (χ4v) is 3.79. The third kappa shape index (κ3) is 1.25. The fourth-order valence-electron chi connectivity index (χ4n) is 3.79. The zero-order valence-corrected chi connectivity index (χ0v) is 11.3. The summed E-state index contributed by atoms with van der Waals surface area (Å²) in [5, 5.41) is 12.9. The molecule has 1 aliphatic carbocycles. The number of anilines is 1. The summed E-state index contributed by atoms with van der Waals surface area (Å²) in [6.07, 6.45) is 0.130. The van der Waals surface area contributed by atoms with E-state index in [1.165, 1.54) is 16.7 Å². The second-order valence-electron chi connectivity index (χ2n) is 5.80. The van der Waals surface area contributed by atoms with Crippen LogP contribution in [0.3, 0.4) is 0 Å². The van der Waals surface area contributed by atoms with Crippen molar-refractivity contribution < 1.29 is 9.90 Å². The summed E-state index contributed by atoms with van der Waals surface area (Å²) in [7, 11) is 0. The number of carbonyl (C=O) groups is 1. The van der Waals surface area contributed by atoms with Crippen molar-refractivity contribution in [2.75, 3.05) is 5.32 Å². The Balaban J connectivity index is 2.37. The molecule has 0 unspecified atom stereocenters. The topological polar surface area (TPSA) is 49.3 Å². The molecule has 0 saturated heterocycles. The normalized spacial score (nSPS) is 29.2. The number of hydrogen-bond donors (Lipinski definition) is 2. The number of carbonyl (C=O) groups excluding carboxylic acids is 1. The Hall–Kier alpha value is -1.35. The maximum Gasteiger partial charge on any atom is 0.257 e. The summed E-state index contributed by atoms with van der Waals surface area (Å²) in [5.41, 5.74) is 6.64. The molecule has 96 valence electrons. The first-order valence-electron chi connectivity index (χ1n) is 6.59. The van der Waals surface area contributed by atoms with Gasteiger partial charge in [0.15, 0.2) is 6.10 Å². The predicted octanol–water partition coefficient (Wildman–Crippen LogP) is 2.90. The number of aliphatic hydroxyl groups is 1. The summed E-state index contributed by atoms with van der Waals surface area (Å²) in [6, 6.07) is 0. The first-order valence-corrected chi connectivity index (χ1v) is 6.59. The van der Waals surface area contributed by atoms with Crippen LogP contribution in [-0.4, -0.2) is 11.0 Å². The quantitative estimate of drug-likeness (QED) is 0.738. The van der Waals surface area contributed by atoms with E-state index in [4.69, 9.17) is 0 Å². The Kier molecular flexibility index (Phi) is 2.33. The highest BCUT2D eigenvalue weighted by Gasteiger charge is 2.39. The average molecular weight is 245 g/mol. The van der Waals surface area contributed by atoms with Gasteiger partial charge in [-0.25, -0.2) is 0 Å². The number of aliphatic hydroxyl groups excluding tert-OH is 1. The number of hydrogen-bond acceptors (Lipinski definition) is 2. The van der Waals surface area contributed by atoms with Gasteiger partial charge in [0.25, 0.3) is 5.91 Å². The fraction of sp³-hybridized carbons (Fsp3) is 0.533. The highest BCUT2D eigenvalue weighted by Crippen LogP contribution is 2.51. The first-order chi connectivity index (χ1) is 8.43. The molecule has 0 radical (unpaired) electrons. The second kappa shape index (κ2) is 3.58. The largest absolute Gasteiger partial charge is 0.378 e. The van der Waals surface area contributed by atoms with Gasteiger partial charge in [0.2, 0.25) is 0 Å². The molecule has 3 nitrogen and oxygen atoms in total. The van der Waals surface area contributed by atoms with Crippen LogP contribution in [0.4, 0.5) is 5.69 Å². The van der Waals surface area contributed by atoms with Crippen LogP contribution in [0, 0.1) is 13.8 Å². The Labute approximate surface area is 107 Å². The van der Waals surface area contributed by atoms with Crippen molar-refractivity contribution in [1.29, 1.82) is 0 Å². The van der Waals surface area contributed by atoms with Crippen LogP contribution in [0.5, 0.6) is 0 Å². The van der Waals surface area contributed by atoms with Crippen molar-refractivity contribution in [3.63, 3.8) is 0 Å². The monoisotopic (exact) mass is 245 g/mol. The summed E-state index contributed by atoms with van der Waals surface area (Å²) in [4.78, 5) is 11.7. The molecule has 3 rings (SSSR count). The van der Waals surface area contributed by atoms with E-state index >= 15 is 0 Å². The lowest BCUT2D eigenvalue weighted by molar-refractivity contribution is -0.123. The maximum atomic E-state index is 11.7. The average Bonchev–Trinajstić information content (AvgIpc) is 2.75. The molecule has 3 atom stereocenters. The van der Waals surface area contributed by atoms with Crippen LogP contribution in [0.15, 0.2) is 0 Å². The number of amides is 1. The van der Waals surface area contributed by atoms with Crippen molar-refractivity contribution >= 4 is 11.6 Å². The van der Waals surface area contributed by atoms with Crippen molar-refractivity contribution in [3.05, 3.63) is 27.8 Å². The van der Waals surface area contributed by atoms with E-state index in [2.05, 4.69) is 26.1 Å². The van der Waals surface area contributed by atoms with Crippen molar-refractivity contribution in [2.24, 2.45) is 0 Å². The van der Waals surface area contributed by atoms with Crippen LogP contribution in [-0.2, 0) is 4.79 Å². The van der Waals surface area contributed by atoms with Gasteiger partial charge < -0.3 is 10.4 Å². The van der Waals surface area contributed by atoms with E-state index in [0.717, 1.165) is 23.2 Å². The summed E-state index contributed by atoms with van der Waals surface area (Å²) < 4.78 is 0. The molecule has 0 saturated carbocycles. The SMILES string of the molecule is Cc1c(C)c2c(c3c1[C@H](O)C(=O)N3)[C@@H](C)C[C@@H]2C. The molecule has 0 fully saturated rings. The van der Waals surface area contributed by atoms with Gasteiger partial charge in [-0.05, 0) is 54.4 Å². The maximum absolute atomic E-state index is 11.7. The van der Waals surface area contributed by atoms with Crippen molar-refractivity contribution in [2.45, 2.75) is 52.1 Å². The molecule has 2 aliphatic rings. The third-order valence-corrected chi connectivity index (χ3v) is 4.66. The van der Waals surface area contributed by atoms with Gasteiger partial charge in [-0.3, -0.25) is 4.79 Å². The molecule has 18 heavy (non-hydrogen) atoms. The van der Waals surface area contributed by atoms with E-state index in [-0.39, 0.29) is 5.91 Å². The highest BCUT2D eigenvalue weighted by atomic mass is 16.3. The Bertz CT molecular complexity index is 562. The van der Waals surface area contributed by atoms with E-state index in [0.29, 0.717) is 11.8 Å². The van der Waals surface area contributed by atoms with Crippen molar-refractivity contribution in [1.82, 2.24) is 0 Å². The molecule has 1 heterocycles. The van der Waals surface area contributed by atoms with E-state index in [1.807, 2.05) is 6.92 Å². The van der Waals surface area contributed by atoms with Crippen LogP contribution in [0.1, 0.15) is 66.0 Å². The lowest BCUT2D eigenvalue weighted by atomic mass is 9.88. The minimum absolute atomic E-state index is 0.285. The lowest BCUT2D eigenvalue weighted by Crippen LogP contribution is -2.11. The summed E-state index contributed by atoms with van der Waals surface area (Å²) in [6.45, 7) is 8.56. The Morgan fingerprint density at radius 3 is 2.28 bits per heavy atom. The molecule has 2 N–H and O–H groups in total. The Morgan fingerprint density at radius 1 is 1.06 bits per heavy atom. The zero-order valence-electron chi connectivity index (χ0n) is 11.3. The van der Waals surface area contributed by atoms with Gasteiger partial charge in [0.1, 0.15) is 0 Å². The standard InChI is InChI=1S/C15H19NO2/c1-6-5-7(2)11-10(6)8(3)9(4)12-13(11)16-15(18)14(12)17/h6-7,14,17H,5H2,1-4H3,(H,16,18)/t6-,7-,14-/m0/s1. The van der Waals surface area contributed by atoms with Crippen LogP contribution in [0.25, 0.3) is 0 Å². The third-order valence-electron chi connectivity index (χ3n) is 4.66. The van der Waals surface area contributed by atoms with Gasteiger partial charge in [-0.1, -0.05) is 13.8 Å². The van der Waals surface area contributed by atoms with E-state index in [9.17, 15) is 9.90 Å². The minimum atomic E-state index is -0.993. The molecule has 1 aromatic rings. The number of benzene rings is 1. The van der Waals surface area contributed by atoms with Gasteiger partial charge in [-0.15, -0.1) is 0 Å². The molecule has 3 heteroatoms. The van der Waals surface area contributed by atoms with Gasteiger partial charge in [-0.2, -0.15) is 0 Å². The van der Waals surface area contributed by atoms with Gasteiger partial charge in [0, 0.05) is 5.56 Å². The molecular weight excluding hydrogens is 226 g/mol. The molecule has 0 spiro atoms. The lowest BCUT2D eigenvalue weighted by Gasteiger charge is -2.18. The van der Waals surface area contributed by atoms with E-state index in [1.54, 1.807) is 0 Å². The van der Waals surface area contributed by atoms with Crippen LogP contribution in [0.2, 0.25) is 0 Å². The second-order valence-corrected chi connectivity index (χ2v) is 5.80. The van der Waals surface area contributed by atoms with Crippen LogP contribution < -0.4 is 5.32 Å². The molecule has 0 aromatic heterocycles. The number of rotatable bonds is 0. The van der Waals surface area contributed by atoms with E-state index < -0.39 is 6.10 Å². The molecular formula is C15H19NO2. The van der Waals surface area contributed by atoms with Crippen LogP contribution >= 0.6 is 0 Å². The smallest absolute Gasteiger partial charge is 0.257 e. The molecule has 1 aliphatic heterocycles.